The molecule has 1 aromatic carbocycles. The van der Waals surface area contributed by atoms with Crippen LogP contribution in [0.1, 0.15) is 19.4 Å². The van der Waals surface area contributed by atoms with Crippen LogP contribution in [0, 0.1) is 17.1 Å². The molecule has 11 heteroatoms. The molecule has 3 N–H and O–H groups in total. The maximum absolute atomic E-state index is 14.7. The zero-order valence-corrected chi connectivity index (χ0v) is 17.9. The van der Waals surface area contributed by atoms with Crippen molar-refractivity contribution in [3.05, 3.63) is 59.4 Å². The van der Waals surface area contributed by atoms with Crippen molar-refractivity contribution in [2.45, 2.75) is 19.4 Å². The van der Waals surface area contributed by atoms with E-state index in [-0.39, 0.29) is 16.3 Å². The van der Waals surface area contributed by atoms with E-state index in [0.717, 1.165) is 6.07 Å². The summed E-state index contributed by atoms with van der Waals surface area (Å²) in [7, 11) is 0. The SMILES string of the molecule is CC(C)(O)CNc1cc(Nc2cc3c(cn2)cnn3-c2c(F)cc(C#N)cc2Cl)ncn1. The third kappa shape index (κ3) is 4.59. The summed E-state index contributed by atoms with van der Waals surface area (Å²) >= 11 is 6.23. The highest BCUT2D eigenvalue weighted by molar-refractivity contribution is 6.32. The molecule has 0 aliphatic heterocycles. The zero-order chi connectivity index (χ0) is 22.9. The molecule has 32 heavy (non-hydrogen) atoms. The molecule has 0 saturated heterocycles. The number of nitriles is 1. The summed E-state index contributed by atoms with van der Waals surface area (Å²) < 4.78 is 16.0. The summed E-state index contributed by atoms with van der Waals surface area (Å²) in [5.74, 6) is 0.779. The van der Waals surface area contributed by atoms with Gasteiger partial charge in [0.25, 0.3) is 0 Å². The molecule has 3 heterocycles. The highest BCUT2D eigenvalue weighted by atomic mass is 35.5. The molecule has 4 aromatic rings. The molecule has 0 aliphatic rings. The first-order valence-electron chi connectivity index (χ1n) is 9.52. The minimum Gasteiger partial charge on any atom is -0.389 e. The van der Waals surface area contributed by atoms with Crippen molar-refractivity contribution >= 4 is 40.0 Å². The van der Waals surface area contributed by atoms with E-state index in [1.807, 2.05) is 6.07 Å². The van der Waals surface area contributed by atoms with Crippen LogP contribution in [0.4, 0.5) is 21.8 Å². The molecule has 0 radical (unpaired) electrons. The molecule has 4 rings (SSSR count). The van der Waals surface area contributed by atoms with Crippen LogP contribution in [0.3, 0.4) is 0 Å². The highest BCUT2D eigenvalue weighted by Crippen LogP contribution is 2.29. The highest BCUT2D eigenvalue weighted by Gasteiger charge is 2.16. The van der Waals surface area contributed by atoms with Gasteiger partial charge in [0.15, 0.2) is 5.82 Å². The number of nitrogens with one attached hydrogen (secondary N) is 2. The minimum absolute atomic E-state index is 0.0398. The number of anilines is 3. The van der Waals surface area contributed by atoms with E-state index in [1.165, 1.54) is 17.1 Å². The van der Waals surface area contributed by atoms with Gasteiger partial charge in [-0.2, -0.15) is 10.4 Å². The van der Waals surface area contributed by atoms with Crippen molar-refractivity contribution in [1.82, 2.24) is 24.7 Å². The lowest BCUT2D eigenvalue weighted by atomic mass is 10.1. The monoisotopic (exact) mass is 452 g/mol. The summed E-state index contributed by atoms with van der Waals surface area (Å²) in [4.78, 5) is 12.6. The summed E-state index contributed by atoms with van der Waals surface area (Å²) in [6.07, 6.45) is 4.51. The second-order valence-corrected chi connectivity index (χ2v) is 8.07. The molecule has 0 unspecified atom stereocenters. The lowest BCUT2D eigenvalue weighted by Gasteiger charge is -2.18. The molecule has 0 aliphatic carbocycles. The standard InChI is InChI=1S/C21H18ClFN8O/c1-21(2,32)10-26-17-6-19(28-11-27-17)30-18-5-16-13(8-25-18)9-29-31(16)20-14(22)3-12(7-24)4-15(20)23/h3-6,8-9,11,32H,10H2,1-2H3,(H2,25,26,27,28,30). The lowest BCUT2D eigenvalue weighted by molar-refractivity contribution is 0.0944. The number of aromatic nitrogens is 5. The van der Waals surface area contributed by atoms with E-state index in [9.17, 15) is 9.50 Å². The summed E-state index contributed by atoms with van der Waals surface area (Å²) in [5.41, 5.74) is -0.180. The van der Waals surface area contributed by atoms with Gasteiger partial charge in [0.05, 0.1) is 34.0 Å². The molecule has 162 valence electrons. The van der Waals surface area contributed by atoms with Crippen LogP contribution in [-0.2, 0) is 0 Å². The first kappa shape index (κ1) is 21.4. The van der Waals surface area contributed by atoms with Gasteiger partial charge in [-0.25, -0.2) is 24.0 Å². The van der Waals surface area contributed by atoms with Gasteiger partial charge >= 0.3 is 0 Å². The van der Waals surface area contributed by atoms with Crippen LogP contribution >= 0.6 is 11.6 Å². The maximum Gasteiger partial charge on any atom is 0.151 e. The molecule has 3 aromatic heterocycles. The van der Waals surface area contributed by atoms with Crippen LogP contribution < -0.4 is 10.6 Å². The van der Waals surface area contributed by atoms with Gasteiger partial charge in [-0.05, 0) is 26.0 Å². The van der Waals surface area contributed by atoms with Crippen LogP contribution in [0.5, 0.6) is 0 Å². The zero-order valence-electron chi connectivity index (χ0n) is 17.1. The molecule has 0 saturated carbocycles. The van der Waals surface area contributed by atoms with E-state index in [2.05, 4.69) is 30.7 Å². The van der Waals surface area contributed by atoms with Crippen LogP contribution in [0.25, 0.3) is 16.6 Å². The fourth-order valence-corrected chi connectivity index (χ4v) is 3.25. The van der Waals surface area contributed by atoms with Crippen molar-refractivity contribution in [2.75, 3.05) is 17.2 Å². The first-order chi connectivity index (χ1) is 15.2. The maximum atomic E-state index is 14.7. The van der Waals surface area contributed by atoms with Crippen LogP contribution in [0.15, 0.2) is 43.0 Å². The number of nitrogens with zero attached hydrogens (tertiary/aromatic N) is 6. The molecule has 0 bridgehead atoms. The van der Waals surface area contributed by atoms with Gasteiger partial charge in [-0.1, -0.05) is 11.6 Å². The largest absolute Gasteiger partial charge is 0.389 e. The Labute approximate surface area is 187 Å². The smallest absolute Gasteiger partial charge is 0.151 e. The Hall–Kier alpha value is -3.81. The number of pyridine rings is 1. The molecule has 0 fully saturated rings. The topological polar surface area (TPSA) is 125 Å². The van der Waals surface area contributed by atoms with Gasteiger partial charge in [0.2, 0.25) is 0 Å². The molecule has 0 atom stereocenters. The number of hydrogen-bond donors (Lipinski definition) is 3. The van der Waals surface area contributed by atoms with Crippen molar-refractivity contribution in [2.24, 2.45) is 0 Å². The Morgan fingerprint density at radius 1 is 1.12 bits per heavy atom. The van der Waals surface area contributed by atoms with Crippen molar-refractivity contribution in [1.29, 1.82) is 5.26 Å². The molecule has 0 spiro atoms. The Bertz CT molecular complexity index is 1320. The number of rotatable bonds is 6. The van der Waals surface area contributed by atoms with E-state index >= 15 is 0 Å². The molecular weight excluding hydrogens is 435 g/mol. The normalized spacial score (nSPS) is 11.4. The van der Waals surface area contributed by atoms with Crippen LogP contribution in [0.2, 0.25) is 5.02 Å². The Kier molecular flexibility index (Phi) is 5.61. The Morgan fingerprint density at radius 2 is 1.88 bits per heavy atom. The summed E-state index contributed by atoms with van der Waals surface area (Å²) in [6.45, 7) is 3.68. The lowest BCUT2D eigenvalue weighted by Crippen LogP contribution is -2.29. The first-order valence-corrected chi connectivity index (χ1v) is 9.90. The van der Waals surface area contributed by atoms with E-state index in [1.54, 1.807) is 38.4 Å². The average Bonchev–Trinajstić information content (AvgIpc) is 3.14. The van der Waals surface area contributed by atoms with Gasteiger partial charge in [-0.3, -0.25) is 0 Å². The van der Waals surface area contributed by atoms with E-state index in [4.69, 9.17) is 16.9 Å². The fourth-order valence-electron chi connectivity index (χ4n) is 2.96. The van der Waals surface area contributed by atoms with Gasteiger partial charge < -0.3 is 15.7 Å². The predicted octanol–water partition coefficient (Wildman–Crippen LogP) is 3.80. The van der Waals surface area contributed by atoms with Crippen LogP contribution in [-0.4, -0.2) is 42.0 Å². The Morgan fingerprint density at radius 3 is 2.59 bits per heavy atom. The summed E-state index contributed by atoms with van der Waals surface area (Å²) in [6, 6.07) is 7.72. The number of fused-ring (bicyclic) bond motifs is 1. The van der Waals surface area contributed by atoms with E-state index in [0.29, 0.717) is 34.9 Å². The van der Waals surface area contributed by atoms with Crippen molar-refractivity contribution in [3.63, 3.8) is 0 Å². The number of aliphatic hydroxyl groups is 1. The summed E-state index contributed by atoms with van der Waals surface area (Å²) in [5, 5.41) is 29.9. The number of benzene rings is 1. The minimum atomic E-state index is -0.897. The van der Waals surface area contributed by atoms with Crippen molar-refractivity contribution < 1.29 is 9.50 Å². The van der Waals surface area contributed by atoms with Crippen molar-refractivity contribution in [3.8, 4) is 11.8 Å². The quantitative estimate of drug-likeness (QED) is 0.403. The van der Waals surface area contributed by atoms with Gasteiger partial charge in [0, 0.05) is 30.3 Å². The van der Waals surface area contributed by atoms with Gasteiger partial charge in [-0.15, -0.1) is 0 Å². The predicted molar refractivity (Wildman–Crippen MR) is 119 cm³/mol. The fraction of sp³-hybridized carbons (Fsp3) is 0.190. The second-order valence-electron chi connectivity index (χ2n) is 7.66. The number of hydrogen-bond acceptors (Lipinski definition) is 8. The molecule has 9 nitrogen and oxygen atoms in total. The van der Waals surface area contributed by atoms with Gasteiger partial charge in [0.1, 0.15) is 29.5 Å². The molecular formula is C21H18ClFN8O. The Balaban J connectivity index is 1.65. The third-order valence-electron chi connectivity index (χ3n) is 4.44. The van der Waals surface area contributed by atoms with E-state index < -0.39 is 11.4 Å². The number of halogens is 2. The average molecular weight is 453 g/mol. The third-order valence-corrected chi connectivity index (χ3v) is 4.72. The second kappa shape index (κ2) is 8.37. The molecule has 0 amide bonds.